The van der Waals surface area contributed by atoms with Crippen LogP contribution in [-0.2, 0) is 12.8 Å². The number of fused-ring (bicyclic) bond motifs is 1. The van der Waals surface area contributed by atoms with Crippen LogP contribution in [0.1, 0.15) is 27.9 Å². The molecule has 1 aromatic heterocycles. The van der Waals surface area contributed by atoms with Gasteiger partial charge < -0.3 is 10.2 Å². The van der Waals surface area contributed by atoms with Gasteiger partial charge in [0.05, 0.1) is 11.9 Å². The lowest BCUT2D eigenvalue weighted by Crippen LogP contribution is -1.98. The molecule has 0 aliphatic heterocycles. The molecular formula is C15H13NO3. The summed E-state index contributed by atoms with van der Waals surface area (Å²) in [6, 6.07) is 7.50. The number of carbonyl (C=O) groups is 1. The first-order valence-electron chi connectivity index (χ1n) is 6.19. The third-order valence-electron chi connectivity index (χ3n) is 3.51. The SMILES string of the molecule is O=C(O)c1cc(-c2ccc3c(c2)CCC3)ncc1O. The van der Waals surface area contributed by atoms with Crippen molar-refractivity contribution in [2.75, 3.05) is 0 Å². The summed E-state index contributed by atoms with van der Waals surface area (Å²) in [7, 11) is 0. The van der Waals surface area contributed by atoms with Crippen molar-refractivity contribution in [3.63, 3.8) is 0 Å². The number of hydrogen-bond donors (Lipinski definition) is 2. The molecule has 0 atom stereocenters. The molecule has 2 N–H and O–H groups in total. The van der Waals surface area contributed by atoms with Crippen LogP contribution in [0.2, 0.25) is 0 Å². The minimum Gasteiger partial charge on any atom is -0.505 e. The van der Waals surface area contributed by atoms with Crippen molar-refractivity contribution in [1.29, 1.82) is 0 Å². The van der Waals surface area contributed by atoms with E-state index in [0.29, 0.717) is 5.69 Å². The largest absolute Gasteiger partial charge is 0.505 e. The number of nitrogens with zero attached hydrogens (tertiary/aromatic N) is 1. The van der Waals surface area contributed by atoms with Gasteiger partial charge in [-0.3, -0.25) is 4.98 Å². The van der Waals surface area contributed by atoms with Crippen LogP contribution in [-0.4, -0.2) is 21.2 Å². The van der Waals surface area contributed by atoms with E-state index in [1.54, 1.807) is 0 Å². The Morgan fingerprint density at radius 3 is 2.74 bits per heavy atom. The van der Waals surface area contributed by atoms with Crippen LogP contribution in [0, 0.1) is 0 Å². The van der Waals surface area contributed by atoms with Crippen LogP contribution in [0.5, 0.6) is 5.75 Å². The molecule has 2 aromatic rings. The highest BCUT2D eigenvalue weighted by molar-refractivity contribution is 5.91. The average Bonchev–Trinajstić information content (AvgIpc) is 2.86. The molecule has 3 rings (SSSR count). The number of aromatic hydroxyl groups is 1. The van der Waals surface area contributed by atoms with Crippen LogP contribution in [0.15, 0.2) is 30.5 Å². The molecule has 96 valence electrons. The standard InChI is InChI=1S/C15H13NO3/c17-14-8-16-13(7-12(14)15(18)19)11-5-4-9-2-1-3-10(9)6-11/h4-8,17H,1-3H2,(H,18,19). The Labute approximate surface area is 110 Å². The summed E-state index contributed by atoms with van der Waals surface area (Å²) in [5.41, 5.74) is 4.02. The van der Waals surface area contributed by atoms with E-state index in [1.165, 1.54) is 29.8 Å². The number of rotatable bonds is 2. The zero-order chi connectivity index (χ0) is 13.4. The van der Waals surface area contributed by atoms with Crippen molar-refractivity contribution in [1.82, 2.24) is 4.98 Å². The number of aromatic carboxylic acids is 1. The predicted molar refractivity (Wildman–Crippen MR) is 70.3 cm³/mol. The fourth-order valence-corrected chi connectivity index (χ4v) is 2.51. The van der Waals surface area contributed by atoms with E-state index in [-0.39, 0.29) is 11.3 Å². The first-order valence-corrected chi connectivity index (χ1v) is 6.19. The van der Waals surface area contributed by atoms with E-state index in [9.17, 15) is 9.90 Å². The van der Waals surface area contributed by atoms with Crippen molar-refractivity contribution in [3.8, 4) is 17.0 Å². The van der Waals surface area contributed by atoms with Gasteiger partial charge in [0.1, 0.15) is 11.3 Å². The fourth-order valence-electron chi connectivity index (χ4n) is 2.51. The van der Waals surface area contributed by atoms with Crippen LogP contribution in [0.3, 0.4) is 0 Å². The van der Waals surface area contributed by atoms with Crippen molar-refractivity contribution in [2.24, 2.45) is 0 Å². The summed E-state index contributed by atoms with van der Waals surface area (Å²) in [6.07, 6.45) is 4.53. The molecule has 0 fully saturated rings. The molecule has 0 unspecified atom stereocenters. The van der Waals surface area contributed by atoms with Gasteiger partial charge in [0.15, 0.2) is 0 Å². The summed E-state index contributed by atoms with van der Waals surface area (Å²) in [5.74, 6) is -1.46. The van der Waals surface area contributed by atoms with Crippen molar-refractivity contribution in [2.45, 2.75) is 19.3 Å². The number of pyridine rings is 1. The van der Waals surface area contributed by atoms with Crippen LogP contribution in [0.4, 0.5) is 0 Å². The molecule has 4 nitrogen and oxygen atoms in total. The Kier molecular flexibility index (Phi) is 2.71. The number of aromatic nitrogens is 1. The third kappa shape index (κ3) is 2.05. The Morgan fingerprint density at radius 2 is 1.95 bits per heavy atom. The molecular weight excluding hydrogens is 242 g/mol. The molecule has 0 saturated carbocycles. The van der Waals surface area contributed by atoms with E-state index in [4.69, 9.17) is 5.11 Å². The summed E-state index contributed by atoms with van der Waals surface area (Å²) >= 11 is 0. The molecule has 0 radical (unpaired) electrons. The van der Waals surface area contributed by atoms with Gasteiger partial charge in [0.25, 0.3) is 0 Å². The van der Waals surface area contributed by atoms with Crippen molar-refractivity contribution < 1.29 is 15.0 Å². The highest BCUT2D eigenvalue weighted by atomic mass is 16.4. The number of carboxylic acid groups (broad SMARTS) is 1. The Morgan fingerprint density at radius 1 is 1.16 bits per heavy atom. The van der Waals surface area contributed by atoms with Gasteiger partial charge in [-0.15, -0.1) is 0 Å². The normalized spacial score (nSPS) is 13.3. The molecule has 4 heteroatoms. The lowest BCUT2D eigenvalue weighted by Gasteiger charge is -2.06. The van der Waals surface area contributed by atoms with Gasteiger partial charge in [-0.25, -0.2) is 4.79 Å². The fraction of sp³-hybridized carbons (Fsp3) is 0.200. The number of benzene rings is 1. The topological polar surface area (TPSA) is 70.4 Å². The van der Waals surface area contributed by atoms with Gasteiger partial charge in [-0.1, -0.05) is 12.1 Å². The second kappa shape index (κ2) is 4.39. The monoisotopic (exact) mass is 255 g/mol. The lowest BCUT2D eigenvalue weighted by molar-refractivity contribution is 0.0693. The summed E-state index contributed by atoms with van der Waals surface area (Å²) in [5, 5.41) is 18.5. The number of carboxylic acids is 1. The summed E-state index contributed by atoms with van der Waals surface area (Å²) < 4.78 is 0. The van der Waals surface area contributed by atoms with Crippen molar-refractivity contribution in [3.05, 3.63) is 47.2 Å². The molecule has 0 saturated heterocycles. The molecule has 0 bridgehead atoms. The van der Waals surface area contributed by atoms with Gasteiger partial charge in [0.2, 0.25) is 0 Å². The molecule has 1 aromatic carbocycles. The zero-order valence-corrected chi connectivity index (χ0v) is 10.3. The zero-order valence-electron chi connectivity index (χ0n) is 10.3. The molecule has 19 heavy (non-hydrogen) atoms. The van der Waals surface area contributed by atoms with Crippen LogP contribution in [0.25, 0.3) is 11.3 Å². The van der Waals surface area contributed by atoms with E-state index in [2.05, 4.69) is 17.1 Å². The minimum absolute atomic E-state index is 0.120. The predicted octanol–water partition coefficient (Wildman–Crippen LogP) is 2.64. The molecule has 1 aliphatic carbocycles. The molecule has 1 aliphatic rings. The highest BCUT2D eigenvalue weighted by Crippen LogP contribution is 2.29. The lowest BCUT2D eigenvalue weighted by atomic mass is 10.0. The first kappa shape index (κ1) is 11.7. The minimum atomic E-state index is -1.15. The second-order valence-electron chi connectivity index (χ2n) is 4.73. The maximum Gasteiger partial charge on any atom is 0.339 e. The maximum atomic E-state index is 11.0. The summed E-state index contributed by atoms with van der Waals surface area (Å²) in [4.78, 5) is 15.1. The maximum absolute atomic E-state index is 11.0. The number of hydrogen-bond acceptors (Lipinski definition) is 3. The number of aryl methyl sites for hydroxylation is 2. The Hall–Kier alpha value is -2.36. The van der Waals surface area contributed by atoms with Gasteiger partial charge in [-0.2, -0.15) is 0 Å². The van der Waals surface area contributed by atoms with Gasteiger partial charge in [0, 0.05) is 5.56 Å². The van der Waals surface area contributed by atoms with E-state index in [1.807, 2.05) is 6.07 Å². The molecule has 0 amide bonds. The summed E-state index contributed by atoms with van der Waals surface area (Å²) in [6.45, 7) is 0. The Balaban J connectivity index is 2.07. The van der Waals surface area contributed by atoms with Gasteiger partial charge in [-0.05, 0) is 42.5 Å². The first-order chi connectivity index (χ1) is 9.15. The van der Waals surface area contributed by atoms with Gasteiger partial charge >= 0.3 is 5.97 Å². The molecule has 1 heterocycles. The highest BCUT2D eigenvalue weighted by Gasteiger charge is 2.15. The van der Waals surface area contributed by atoms with E-state index in [0.717, 1.165) is 18.4 Å². The average molecular weight is 255 g/mol. The van der Waals surface area contributed by atoms with E-state index >= 15 is 0 Å². The quantitative estimate of drug-likeness (QED) is 0.865. The van der Waals surface area contributed by atoms with Crippen LogP contribution < -0.4 is 0 Å². The second-order valence-corrected chi connectivity index (χ2v) is 4.73. The van der Waals surface area contributed by atoms with Crippen molar-refractivity contribution >= 4 is 5.97 Å². The smallest absolute Gasteiger partial charge is 0.339 e. The van der Waals surface area contributed by atoms with Crippen LogP contribution >= 0.6 is 0 Å². The molecule has 0 spiro atoms. The third-order valence-corrected chi connectivity index (χ3v) is 3.51. The van der Waals surface area contributed by atoms with E-state index < -0.39 is 5.97 Å². The Bertz CT molecular complexity index is 664.